The van der Waals surface area contributed by atoms with Crippen LogP contribution in [0.5, 0.6) is 5.88 Å². The Morgan fingerprint density at radius 2 is 2.28 bits per heavy atom. The highest BCUT2D eigenvalue weighted by Gasteiger charge is 2.04. The lowest BCUT2D eigenvalue weighted by molar-refractivity contribution is 0.398. The summed E-state index contributed by atoms with van der Waals surface area (Å²) in [4.78, 5) is 12.1. The number of nitrogens with two attached hydrogens (primary N) is 1. The molecule has 0 aliphatic rings. The van der Waals surface area contributed by atoms with Gasteiger partial charge < -0.3 is 20.4 Å². The third-order valence-corrected chi connectivity index (χ3v) is 2.52. The van der Waals surface area contributed by atoms with Crippen molar-refractivity contribution >= 4 is 11.8 Å². The smallest absolute Gasteiger partial charge is 0.225 e. The normalized spacial score (nSPS) is 10.3. The minimum atomic E-state index is 0.181. The van der Waals surface area contributed by atoms with Gasteiger partial charge in [0.15, 0.2) is 0 Å². The van der Waals surface area contributed by atoms with Crippen LogP contribution >= 0.6 is 0 Å². The highest BCUT2D eigenvalue weighted by atomic mass is 16.5. The van der Waals surface area contributed by atoms with Gasteiger partial charge in [-0.2, -0.15) is 9.97 Å². The van der Waals surface area contributed by atoms with Gasteiger partial charge in [-0.15, -0.1) is 0 Å². The van der Waals surface area contributed by atoms with Gasteiger partial charge in [-0.3, -0.25) is 0 Å². The van der Waals surface area contributed by atoms with E-state index in [0.29, 0.717) is 18.2 Å². The molecule has 18 heavy (non-hydrogen) atoms. The summed E-state index contributed by atoms with van der Waals surface area (Å²) in [6.45, 7) is 3.57. The lowest BCUT2D eigenvalue weighted by atomic mass is 10.4. The van der Waals surface area contributed by atoms with Crippen LogP contribution in [0.3, 0.4) is 0 Å². The van der Waals surface area contributed by atoms with Gasteiger partial charge in [0, 0.05) is 18.8 Å². The van der Waals surface area contributed by atoms with E-state index in [1.54, 1.807) is 12.4 Å². The van der Waals surface area contributed by atoms with E-state index in [-0.39, 0.29) is 5.95 Å². The fraction of sp³-hybridized carbons (Fsp3) is 0.364. The Balaban J connectivity index is 2.08. The number of imidazole rings is 1. The van der Waals surface area contributed by atoms with Crippen LogP contribution in [0.25, 0.3) is 0 Å². The third-order valence-electron chi connectivity index (χ3n) is 2.52. The molecule has 2 aromatic heterocycles. The Kier molecular flexibility index (Phi) is 3.61. The molecule has 2 rings (SSSR count). The molecule has 2 aromatic rings. The van der Waals surface area contributed by atoms with Crippen LogP contribution in [0, 0.1) is 0 Å². The molecule has 0 amide bonds. The minimum absolute atomic E-state index is 0.181. The fourth-order valence-corrected chi connectivity index (χ4v) is 1.60. The predicted octanol–water partition coefficient (Wildman–Crippen LogP) is 0.896. The molecule has 0 fully saturated rings. The van der Waals surface area contributed by atoms with Gasteiger partial charge in [0.05, 0.1) is 25.7 Å². The van der Waals surface area contributed by atoms with Crippen molar-refractivity contribution in [1.82, 2.24) is 19.5 Å². The standard InChI is InChI=1S/C11H16N6O/c1-3-17-7-13-5-8(17)6-14-9-4-10(18-2)16-11(12)15-9/h4-5,7H,3,6H2,1-2H3,(H3,12,14,15,16). The van der Waals surface area contributed by atoms with E-state index < -0.39 is 0 Å². The molecule has 0 spiro atoms. The lowest BCUT2D eigenvalue weighted by Crippen LogP contribution is -2.08. The number of aromatic nitrogens is 4. The fourth-order valence-electron chi connectivity index (χ4n) is 1.60. The molecule has 0 unspecified atom stereocenters. The van der Waals surface area contributed by atoms with Gasteiger partial charge >= 0.3 is 0 Å². The number of ether oxygens (including phenoxy) is 1. The molecular weight excluding hydrogens is 232 g/mol. The molecule has 7 nitrogen and oxygen atoms in total. The summed E-state index contributed by atoms with van der Waals surface area (Å²) in [7, 11) is 1.54. The molecule has 0 aliphatic carbocycles. The molecule has 3 N–H and O–H groups in total. The van der Waals surface area contributed by atoms with Crippen LogP contribution in [0.4, 0.5) is 11.8 Å². The molecule has 0 radical (unpaired) electrons. The molecule has 96 valence electrons. The highest BCUT2D eigenvalue weighted by molar-refractivity contribution is 5.42. The van der Waals surface area contributed by atoms with Gasteiger partial charge in [0.25, 0.3) is 0 Å². The van der Waals surface area contributed by atoms with Crippen molar-refractivity contribution in [1.29, 1.82) is 0 Å². The summed E-state index contributed by atoms with van der Waals surface area (Å²) < 4.78 is 7.08. The number of nitrogens with zero attached hydrogens (tertiary/aromatic N) is 4. The zero-order chi connectivity index (χ0) is 13.0. The lowest BCUT2D eigenvalue weighted by Gasteiger charge is -2.09. The van der Waals surface area contributed by atoms with Gasteiger partial charge in [0.1, 0.15) is 5.82 Å². The maximum atomic E-state index is 5.58. The molecule has 0 bridgehead atoms. The molecule has 0 saturated carbocycles. The van der Waals surface area contributed by atoms with E-state index in [1.807, 2.05) is 6.20 Å². The third kappa shape index (κ3) is 2.68. The minimum Gasteiger partial charge on any atom is -0.481 e. The van der Waals surface area contributed by atoms with Crippen molar-refractivity contribution in [3.05, 3.63) is 24.3 Å². The molecule has 0 atom stereocenters. The summed E-state index contributed by atoms with van der Waals surface area (Å²) >= 11 is 0. The van der Waals surface area contributed by atoms with Crippen molar-refractivity contribution in [2.24, 2.45) is 0 Å². The van der Waals surface area contributed by atoms with E-state index in [2.05, 4.69) is 31.8 Å². The van der Waals surface area contributed by atoms with Crippen LogP contribution in [0.2, 0.25) is 0 Å². The second-order valence-corrected chi connectivity index (χ2v) is 3.68. The number of methoxy groups -OCH3 is 1. The van der Waals surface area contributed by atoms with Crippen LogP contribution < -0.4 is 15.8 Å². The Hall–Kier alpha value is -2.31. The molecular formula is C11H16N6O. The molecule has 7 heteroatoms. The Labute approximate surface area is 105 Å². The average molecular weight is 248 g/mol. The molecule has 0 aliphatic heterocycles. The number of rotatable bonds is 5. The van der Waals surface area contributed by atoms with E-state index in [9.17, 15) is 0 Å². The Morgan fingerprint density at radius 3 is 3.00 bits per heavy atom. The predicted molar refractivity (Wildman–Crippen MR) is 68.2 cm³/mol. The van der Waals surface area contributed by atoms with Crippen molar-refractivity contribution in [2.45, 2.75) is 20.0 Å². The second kappa shape index (κ2) is 5.35. The maximum absolute atomic E-state index is 5.58. The van der Waals surface area contributed by atoms with Gasteiger partial charge in [0.2, 0.25) is 11.8 Å². The maximum Gasteiger partial charge on any atom is 0.225 e. The van der Waals surface area contributed by atoms with Gasteiger partial charge in [-0.05, 0) is 6.92 Å². The molecule has 0 aromatic carbocycles. The largest absolute Gasteiger partial charge is 0.481 e. The number of hydrogen-bond acceptors (Lipinski definition) is 6. The topological polar surface area (TPSA) is 90.9 Å². The first-order valence-electron chi connectivity index (χ1n) is 5.64. The van der Waals surface area contributed by atoms with Crippen LogP contribution in [-0.2, 0) is 13.1 Å². The number of aryl methyl sites for hydroxylation is 1. The van der Waals surface area contributed by atoms with Crippen molar-refractivity contribution in [3.8, 4) is 5.88 Å². The summed E-state index contributed by atoms with van der Waals surface area (Å²) in [6.07, 6.45) is 3.62. The number of nitrogen functional groups attached to an aromatic ring is 1. The van der Waals surface area contributed by atoms with Crippen molar-refractivity contribution < 1.29 is 4.74 Å². The number of anilines is 2. The SMILES string of the molecule is CCn1cncc1CNc1cc(OC)nc(N)n1. The summed E-state index contributed by atoms with van der Waals surface area (Å²) in [5.74, 6) is 1.25. The van der Waals surface area contributed by atoms with E-state index in [0.717, 1.165) is 12.2 Å². The average Bonchev–Trinajstić information content (AvgIpc) is 2.83. The van der Waals surface area contributed by atoms with E-state index in [1.165, 1.54) is 7.11 Å². The van der Waals surface area contributed by atoms with Crippen LogP contribution in [-0.4, -0.2) is 26.6 Å². The Bertz CT molecular complexity index is 524. The number of hydrogen-bond donors (Lipinski definition) is 2. The van der Waals surface area contributed by atoms with Gasteiger partial charge in [-0.25, -0.2) is 4.98 Å². The second-order valence-electron chi connectivity index (χ2n) is 3.68. The highest BCUT2D eigenvalue weighted by Crippen LogP contribution is 2.14. The zero-order valence-electron chi connectivity index (χ0n) is 10.4. The quantitative estimate of drug-likeness (QED) is 0.816. The first-order chi connectivity index (χ1) is 8.72. The summed E-state index contributed by atoms with van der Waals surface area (Å²) in [5.41, 5.74) is 6.66. The van der Waals surface area contributed by atoms with E-state index in [4.69, 9.17) is 10.5 Å². The molecule has 2 heterocycles. The number of nitrogens with one attached hydrogen (secondary N) is 1. The van der Waals surface area contributed by atoms with Crippen LogP contribution in [0.15, 0.2) is 18.6 Å². The van der Waals surface area contributed by atoms with E-state index >= 15 is 0 Å². The molecule has 0 saturated heterocycles. The van der Waals surface area contributed by atoms with Crippen LogP contribution in [0.1, 0.15) is 12.6 Å². The van der Waals surface area contributed by atoms with Crippen molar-refractivity contribution in [2.75, 3.05) is 18.2 Å². The van der Waals surface area contributed by atoms with Crippen molar-refractivity contribution in [3.63, 3.8) is 0 Å². The first-order valence-corrected chi connectivity index (χ1v) is 5.64. The first kappa shape index (κ1) is 12.2. The zero-order valence-corrected chi connectivity index (χ0v) is 10.4. The Morgan fingerprint density at radius 1 is 1.44 bits per heavy atom. The summed E-state index contributed by atoms with van der Waals surface area (Å²) in [6, 6.07) is 1.70. The van der Waals surface area contributed by atoms with Gasteiger partial charge in [-0.1, -0.05) is 0 Å². The summed E-state index contributed by atoms with van der Waals surface area (Å²) in [5, 5.41) is 3.17. The monoisotopic (exact) mass is 248 g/mol.